The van der Waals surface area contributed by atoms with E-state index in [0.29, 0.717) is 12.4 Å². The maximum atomic E-state index is 4.93. The molecule has 6 aromatic rings. The average molecular weight is 432 g/mol. The molecule has 0 aliphatic rings. The zero-order valence-corrected chi connectivity index (χ0v) is 17.8. The molecule has 6 rings (SSSR count). The first-order chi connectivity index (χ1) is 16.3. The van der Waals surface area contributed by atoms with E-state index in [4.69, 9.17) is 9.97 Å². The highest BCUT2D eigenvalue weighted by molar-refractivity contribution is 5.90. The van der Waals surface area contributed by atoms with Crippen molar-refractivity contribution in [3.05, 3.63) is 110 Å². The Balaban J connectivity index is 1.39. The molecule has 0 radical (unpaired) electrons. The second-order valence-electron chi connectivity index (χ2n) is 7.84. The van der Waals surface area contributed by atoms with E-state index in [1.165, 1.54) is 5.56 Å². The number of fused-ring (bicyclic) bond motifs is 2. The number of hydrogen-bond donors (Lipinski definition) is 1. The number of benzene rings is 2. The predicted octanol–water partition coefficient (Wildman–Crippen LogP) is 4.84. The maximum Gasteiger partial charge on any atom is 0.163 e. The summed E-state index contributed by atoms with van der Waals surface area (Å²) in [7, 11) is 0. The molecule has 7 heteroatoms. The van der Waals surface area contributed by atoms with E-state index in [1.807, 2.05) is 65.7 Å². The molecule has 0 aliphatic carbocycles. The molecule has 0 bridgehead atoms. The van der Waals surface area contributed by atoms with Crippen molar-refractivity contribution in [2.24, 2.45) is 0 Å². The number of nitrogens with one attached hydrogen (secondary N) is 1. The van der Waals surface area contributed by atoms with E-state index in [9.17, 15) is 0 Å². The Morgan fingerprint density at radius 2 is 1.73 bits per heavy atom. The van der Waals surface area contributed by atoms with E-state index in [2.05, 4.69) is 50.2 Å². The Labute approximate surface area is 190 Å². The highest BCUT2D eigenvalue weighted by Gasteiger charge is 2.15. The Bertz CT molecular complexity index is 1520. The molecule has 1 atom stereocenters. The Morgan fingerprint density at radius 3 is 2.61 bits per heavy atom. The van der Waals surface area contributed by atoms with Gasteiger partial charge in [0.15, 0.2) is 5.82 Å². The summed E-state index contributed by atoms with van der Waals surface area (Å²) in [6.45, 7) is 0.654. The largest absolute Gasteiger partial charge is 0.367 e. The summed E-state index contributed by atoms with van der Waals surface area (Å²) in [6, 6.07) is 22.6. The molecule has 33 heavy (non-hydrogen) atoms. The minimum Gasteiger partial charge on any atom is -0.367 e. The van der Waals surface area contributed by atoms with E-state index >= 15 is 0 Å². The van der Waals surface area contributed by atoms with Crippen LogP contribution < -0.4 is 5.32 Å². The normalized spacial score (nSPS) is 12.2. The van der Waals surface area contributed by atoms with Crippen LogP contribution >= 0.6 is 0 Å². The van der Waals surface area contributed by atoms with E-state index in [-0.39, 0.29) is 6.04 Å². The van der Waals surface area contributed by atoms with Gasteiger partial charge in [-0.25, -0.2) is 19.9 Å². The quantitative estimate of drug-likeness (QED) is 0.408. The van der Waals surface area contributed by atoms with Crippen LogP contribution in [0.3, 0.4) is 0 Å². The fraction of sp³-hybridized carbons (Fsp3) is 0.0769. The first-order valence-corrected chi connectivity index (χ1v) is 10.8. The first-order valence-electron chi connectivity index (χ1n) is 10.8. The number of hydrogen-bond acceptors (Lipinski definition) is 5. The first kappa shape index (κ1) is 19.2. The van der Waals surface area contributed by atoms with Crippen molar-refractivity contribution in [3.63, 3.8) is 0 Å². The van der Waals surface area contributed by atoms with Gasteiger partial charge in [-0.1, -0.05) is 42.5 Å². The summed E-state index contributed by atoms with van der Waals surface area (Å²) in [5.74, 6) is 1.48. The lowest BCUT2D eigenvalue weighted by Crippen LogP contribution is -2.20. The van der Waals surface area contributed by atoms with Gasteiger partial charge in [-0.2, -0.15) is 0 Å². The molecular weight excluding hydrogens is 410 g/mol. The summed E-state index contributed by atoms with van der Waals surface area (Å²) in [5, 5.41) is 4.59. The maximum absolute atomic E-state index is 4.93. The van der Waals surface area contributed by atoms with Gasteiger partial charge in [-0.15, -0.1) is 0 Å². The molecule has 2 aromatic carbocycles. The lowest BCUT2D eigenvalue weighted by molar-refractivity contribution is 0.609. The minimum absolute atomic E-state index is 0.0770. The topological polar surface area (TPSA) is 72.9 Å². The number of aromatic nitrogens is 6. The van der Waals surface area contributed by atoms with Crippen molar-refractivity contribution in [2.75, 3.05) is 11.9 Å². The van der Waals surface area contributed by atoms with Crippen LogP contribution in [0, 0.1) is 0 Å². The van der Waals surface area contributed by atoms with Crippen LogP contribution in [-0.2, 0) is 0 Å². The average Bonchev–Trinajstić information content (AvgIpc) is 3.57. The molecule has 0 aliphatic heterocycles. The number of rotatable bonds is 6. The summed E-state index contributed by atoms with van der Waals surface area (Å²) in [4.78, 5) is 18.3. The van der Waals surface area contributed by atoms with Crippen molar-refractivity contribution in [1.29, 1.82) is 0 Å². The van der Waals surface area contributed by atoms with Crippen LogP contribution in [0.1, 0.15) is 11.6 Å². The van der Waals surface area contributed by atoms with Gasteiger partial charge in [0, 0.05) is 48.5 Å². The van der Waals surface area contributed by atoms with Gasteiger partial charge in [0.2, 0.25) is 0 Å². The molecule has 4 aromatic heterocycles. The van der Waals surface area contributed by atoms with Gasteiger partial charge in [-0.05, 0) is 29.8 Å². The number of pyridine rings is 1. The molecule has 1 unspecified atom stereocenters. The van der Waals surface area contributed by atoms with Crippen LogP contribution in [-0.4, -0.2) is 35.4 Å². The van der Waals surface area contributed by atoms with Crippen molar-refractivity contribution in [2.45, 2.75) is 6.04 Å². The zero-order valence-electron chi connectivity index (χ0n) is 17.8. The summed E-state index contributed by atoms with van der Waals surface area (Å²) < 4.78 is 4.09. The standard InChI is InChI=1S/C26H21N7/c1-2-6-19(7-3-1)23(33-14-12-27-18-33)16-29-26-21-8-4-5-9-22(21)30-25(31-26)20-10-11-24-28-13-15-32(24)17-20/h1-15,17-18,23H,16H2,(H,29,30,31). The third kappa shape index (κ3) is 3.70. The van der Waals surface area contributed by atoms with Crippen LogP contribution in [0.5, 0.6) is 0 Å². The fourth-order valence-corrected chi connectivity index (χ4v) is 4.11. The molecule has 7 nitrogen and oxygen atoms in total. The van der Waals surface area contributed by atoms with Crippen LogP contribution in [0.15, 0.2) is 104 Å². The van der Waals surface area contributed by atoms with Crippen LogP contribution in [0.25, 0.3) is 27.9 Å². The molecule has 1 N–H and O–H groups in total. The molecule has 160 valence electrons. The van der Waals surface area contributed by atoms with Gasteiger partial charge in [0.25, 0.3) is 0 Å². The van der Waals surface area contributed by atoms with E-state index in [1.54, 1.807) is 12.4 Å². The summed E-state index contributed by atoms with van der Waals surface area (Å²) >= 11 is 0. The van der Waals surface area contributed by atoms with Gasteiger partial charge < -0.3 is 14.3 Å². The molecule has 0 saturated heterocycles. The van der Waals surface area contributed by atoms with Gasteiger partial charge >= 0.3 is 0 Å². The van der Waals surface area contributed by atoms with Crippen LogP contribution in [0.4, 0.5) is 5.82 Å². The van der Waals surface area contributed by atoms with E-state index in [0.717, 1.165) is 27.9 Å². The van der Waals surface area contributed by atoms with Crippen molar-refractivity contribution >= 4 is 22.4 Å². The second-order valence-corrected chi connectivity index (χ2v) is 7.84. The summed E-state index contributed by atoms with van der Waals surface area (Å²) in [6.07, 6.45) is 11.4. The molecular formula is C26H21N7. The molecule has 0 fully saturated rings. The lowest BCUT2D eigenvalue weighted by atomic mass is 10.1. The molecule has 0 amide bonds. The van der Waals surface area contributed by atoms with Gasteiger partial charge in [0.05, 0.1) is 17.9 Å². The highest BCUT2D eigenvalue weighted by atomic mass is 15.1. The van der Waals surface area contributed by atoms with E-state index < -0.39 is 0 Å². The van der Waals surface area contributed by atoms with Crippen LogP contribution in [0.2, 0.25) is 0 Å². The number of nitrogens with zero attached hydrogens (tertiary/aromatic N) is 6. The molecule has 4 heterocycles. The zero-order chi connectivity index (χ0) is 22.0. The van der Waals surface area contributed by atoms with Crippen molar-refractivity contribution < 1.29 is 0 Å². The fourth-order valence-electron chi connectivity index (χ4n) is 4.11. The third-order valence-electron chi connectivity index (χ3n) is 5.78. The van der Waals surface area contributed by atoms with Gasteiger partial charge in [-0.3, -0.25) is 0 Å². The highest BCUT2D eigenvalue weighted by Crippen LogP contribution is 2.26. The molecule has 0 saturated carbocycles. The van der Waals surface area contributed by atoms with Gasteiger partial charge in [0.1, 0.15) is 11.5 Å². The Hall–Kier alpha value is -4.52. The SMILES string of the molecule is c1ccc(C(CNc2nc(-c3ccc4nccn4c3)nc3ccccc23)n2ccnc2)cc1. The lowest BCUT2D eigenvalue weighted by Gasteiger charge is -2.21. The Kier molecular flexibility index (Phi) is 4.77. The number of para-hydroxylation sites is 1. The summed E-state index contributed by atoms with van der Waals surface area (Å²) in [5.41, 5.74) is 3.93. The minimum atomic E-state index is 0.0770. The molecule has 0 spiro atoms. The van der Waals surface area contributed by atoms with Crippen molar-refractivity contribution in [1.82, 2.24) is 28.9 Å². The Morgan fingerprint density at radius 1 is 0.848 bits per heavy atom. The smallest absolute Gasteiger partial charge is 0.163 e. The third-order valence-corrected chi connectivity index (χ3v) is 5.78. The monoisotopic (exact) mass is 431 g/mol. The second kappa shape index (κ2) is 8.20. The number of imidazole rings is 2. The number of anilines is 1. The predicted molar refractivity (Wildman–Crippen MR) is 129 cm³/mol. The van der Waals surface area contributed by atoms with Crippen molar-refractivity contribution in [3.8, 4) is 11.4 Å².